The summed E-state index contributed by atoms with van der Waals surface area (Å²) in [4.78, 5) is 45.8. The maximum absolute atomic E-state index is 13.7. The number of ether oxygens (including phenoxy) is 1. The lowest BCUT2D eigenvalue weighted by molar-refractivity contribution is -0.134. The number of piperidine rings is 1. The molecule has 3 heterocycles. The largest absolute Gasteiger partial charge is 0.375 e. The Morgan fingerprint density at radius 2 is 1.84 bits per heavy atom. The van der Waals surface area contributed by atoms with E-state index in [1.54, 1.807) is 6.07 Å². The van der Waals surface area contributed by atoms with E-state index in [0.29, 0.717) is 43.7 Å². The summed E-state index contributed by atoms with van der Waals surface area (Å²) in [5.74, 6) is -0.423. The van der Waals surface area contributed by atoms with E-state index in [9.17, 15) is 14.4 Å². The summed E-state index contributed by atoms with van der Waals surface area (Å²) in [5, 5.41) is 0. The highest BCUT2D eigenvalue weighted by atomic mass is 16.5. The summed E-state index contributed by atoms with van der Waals surface area (Å²) in [6, 6.07) is 15.6. The number of anilines is 1. The van der Waals surface area contributed by atoms with Gasteiger partial charge >= 0.3 is 0 Å². The van der Waals surface area contributed by atoms with Crippen LogP contribution < -0.4 is 4.90 Å². The fraction of sp³-hybridized carbons (Fsp3) is 0.500. The first-order chi connectivity index (χ1) is 17.7. The zero-order valence-electron chi connectivity index (χ0n) is 22.1. The van der Waals surface area contributed by atoms with Gasteiger partial charge in [-0.15, -0.1) is 0 Å². The second-order valence-electron chi connectivity index (χ2n) is 11.2. The van der Waals surface area contributed by atoms with Gasteiger partial charge in [0.1, 0.15) is 0 Å². The quantitative estimate of drug-likeness (QED) is 0.554. The number of likely N-dealkylation sites (N-methyl/N-ethyl adjacent to an activating group) is 1. The van der Waals surface area contributed by atoms with Gasteiger partial charge in [-0.05, 0) is 63.6 Å². The molecule has 3 aliphatic heterocycles. The van der Waals surface area contributed by atoms with Crippen LogP contribution in [0.25, 0.3) is 0 Å². The molecule has 0 aliphatic carbocycles. The highest BCUT2D eigenvalue weighted by Gasteiger charge is 2.45. The van der Waals surface area contributed by atoms with Crippen LogP contribution in [0.1, 0.15) is 65.8 Å². The Morgan fingerprint density at radius 1 is 1.05 bits per heavy atom. The Balaban J connectivity index is 1.30. The Labute approximate surface area is 219 Å². The summed E-state index contributed by atoms with van der Waals surface area (Å²) in [6.07, 6.45) is 3.80. The van der Waals surface area contributed by atoms with E-state index in [4.69, 9.17) is 4.74 Å². The van der Waals surface area contributed by atoms with Crippen LogP contribution in [0.5, 0.6) is 0 Å². The van der Waals surface area contributed by atoms with E-state index in [2.05, 4.69) is 17.0 Å². The summed E-state index contributed by atoms with van der Waals surface area (Å²) in [5.41, 5.74) is 2.58. The molecular weight excluding hydrogens is 466 g/mol. The number of rotatable bonds is 6. The highest BCUT2D eigenvalue weighted by Crippen LogP contribution is 2.38. The molecule has 0 saturated carbocycles. The van der Waals surface area contributed by atoms with Gasteiger partial charge in [0.25, 0.3) is 11.8 Å². The van der Waals surface area contributed by atoms with Crippen molar-refractivity contribution in [2.45, 2.75) is 57.6 Å². The third-order valence-corrected chi connectivity index (χ3v) is 8.03. The van der Waals surface area contributed by atoms with Crippen molar-refractivity contribution in [2.24, 2.45) is 5.92 Å². The number of hydrogen-bond donors (Lipinski definition) is 0. The second kappa shape index (κ2) is 10.3. The minimum Gasteiger partial charge on any atom is -0.375 e. The summed E-state index contributed by atoms with van der Waals surface area (Å²) >= 11 is 0. The van der Waals surface area contributed by atoms with Gasteiger partial charge in [-0.3, -0.25) is 19.3 Å². The number of fused-ring (bicyclic) bond motifs is 1. The minimum absolute atomic E-state index is 0.134. The molecule has 0 spiro atoms. The van der Waals surface area contributed by atoms with Crippen molar-refractivity contribution in [3.63, 3.8) is 0 Å². The molecule has 2 fully saturated rings. The van der Waals surface area contributed by atoms with Crippen molar-refractivity contribution in [1.82, 2.24) is 9.80 Å². The third kappa shape index (κ3) is 5.14. The molecule has 2 aromatic carbocycles. The van der Waals surface area contributed by atoms with Crippen molar-refractivity contribution in [3.8, 4) is 0 Å². The average Bonchev–Trinajstić information content (AvgIpc) is 3.16. The summed E-state index contributed by atoms with van der Waals surface area (Å²) in [6.45, 7) is 6.53. The molecule has 0 N–H and O–H groups in total. The molecule has 37 heavy (non-hydrogen) atoms. The molecule has 3 aliphatic rings. The number of carbonyl (C=O) groups is 3. The topological polar surface area (TPSA) is 70.2 Å². The summed E-state index contributed by atoms with van der Waals surface area (Å²) in [7, 11) is 1.87. The van der Waals surface area contributed by atoms with Crippen molar-refractivity contribution >= 4 is 23.4 Å². The Morgan fingerprint density at radius 3 is 2.59 bits per heavy atom. The van der Waals surface area contributed by atoms with Gasteiger partial charge in [-0.2, -0.15) is 0 Å². The maximum atomic E-state index is 13.7. The van der Waals surface area contributed by atoms with E-state index in [1.807, 2.05) is 56.1 Å². The predicted octanol–water partition coefficient (Wildman–Crippen LogP) is 4.16. The zero-order chi connectivity index (χ0) is 26.2. The number of imide groups is 1. The first kappa shape index (κ1) is 25.5. The lowest BCUT2D eigenvalue weighted by Gasteiger charge is -2.39. The molecule has 0 radical (unpaired) electrons. The van der Waals surface area contributed by atoms with Gasteiger partial charge in [0.2, 0.25) is 5.91 Å². The standard InChI is InChI=1S/C30H37N3O4/c1-30(2)19-23(15-18-37-30)33-28(35)24-12-7-13-25(26(24)29(33)36)32-16-8-11-22(20-32)27(34)31(3)17-14-21-9-5-4-6-10-21/h4-7,9-10,12-13,22-23H,8,11,14-20H2,1-3H3. The molecule has 2 aromatic rings. The van der Waals surface area contributed by atoms with Crippen LogP contribution in [0.3, 0.4) is 0 Å². The molecular formula is C30H37N3O4. The Bertz CT molecular complexity index is 1180. The molecule has 2 atom stereocenters. The van der Waals surface area contributed by atoms with Crippen molar-refractivity contribution in [3.05, 3.63) is 65.2 Å². The molecule has 7 nitrogen and oxygen atoms in total. The lowest BCUT2D eigenvalue weighted by Crippen LogP contribution is -2.48. The molecule has 0 bridgehead atoms. The zero-order valence-corrected chi connectivity index (χ0v) is 22.1. The van der Waals surface area contributed by atoms with Gasteiger partial charge in [-0.1, -0.05) is 36.4 Å². The SMILES string of the molecule is CN(CCc1ccccc1)C(=O)C1CCCN(c2cccc3c2C(=O)N(C2CCOC(C)(C)C2)C3=O)C1. The minimum atomic E-state index is -0.367. The predicted molar refractivity (Wildman–Crippen MR) is 143 cm³/mol. The Kier molecular flexibility index (Phi) is 7.08. The van der Waals surface area contributed by atoms with Crippen LogP contribution in [0.4, 0.5) is 5.69 Å². The van der Waals surface area contributed by atoms with Crippen molar-refractivity contribution < 1.29 is 19.1 Å². The number of amides is 3. The van der Waals surface area contributed by atoms with E-state index >= 15 is 0 Å². The normalized spacial score (nSPS) is 23.2. The van der Waals surface area contributed by atoms with Crippen LogP contribution in [-0.2, 0) is 16.0 Å². The maximum Gasteiger partial charge on any atom is 0.263 e. The van der Waals surface area contributed by atoms with Crippen LogP contribution >= 0.6 is 0 Å². The number of hydrogen-bond acceptors (Lipinski definition) is 5. The fourth-order valence-electron chi connectivity index (χ4n) is 6.06. The van der Waals surface area contributed by atoms with Gasteiger partial charge in [0, 0.05) is 39.3 Å². The average molecular weight is 504 g/mol. The van der Waals surface area contributed by atoms with Crippen LogP contribution in [0.15, 0.2) is 48.5 Å². The fourth-order valence-corrected chi connectivity index (χ4v) is 6.06. The first-order valence-corrected chi connectivity index (χ1v) is 13.4. The van der Waals surface area contributed by atoms with Gasteiger partial charge < -0.3 is 14.5 Å². The highest BCUT2D eigenvalue weighted by molar-refractivity contribution is 6.24. The Hall–Kier alpha value is -3.19. The molecule has 3 amide bonds. The third-order valence-electron chi connectivity index (χ3n) is 8.03. The second-order valence-corrected chi connectivity index (χ2v) is 11.2. The molecule has 7 heteroatoms. The van der Waals surface area contributed by atoms with Gasteiger partial charge in [0.05, 0.1) is 28.3 Å². The monoisotopic (exact) mass is 503 g/mol. The molecule has 2 saturated heterocycles. The summed E-state index contributed by atoms with van der Waals surface area (Å²) < 4.78 is 5.82. The van der Waals surface area contributed by atoms with Crippen LogP contribution in [0.2, 0.25) is 0 Å². The number of nitrogens with zero attached hydrogens (tertiary/aromatic N) is 3. The van der Waals surface area contributed by atoms with E-state index in [1.165, 1.54) is 10.5 Å². The van der Waals surface area contributed by atoms with Gasteiger partial charge in [-0.25, -0.2) is 0 Å². The van der Waals surface area contributed by atoms with Crippen LogP contribution in [-0.4, -0.2) is 72.5 Å². The molecule has 2 unspecified atom stereocenters. The van der Waals surface area contributed by atoms with Gasteiger partial charge in [0.15, 0.2) is 0 Å². The first-order valence-electron chi connectivity index (χ1n) is 13.4. The van der Waals surface area contributed by atoms with E-state index in [-0.39, 0.29) is 35.3 Å². The molecule has 0 aromatic heterocycles. The smallest absolute Gasteiger partial charge is 0.263 e. The number of benzene rings is 2. The van der Waals surface area contributed by atoms with Crippen molar-refractivity contribution in [2.75, 3.05) is 38.2 Å². The van der Waals surface area contributed by atoms with E-state index in [0.717, 1.165) is 31.5 Å². The number of carbonyl (C=O) groups excluding carboxylic acids is 3. The lowest BCUT2D eigenvalue weighted by atomic mass is 9.93. The molecule has 5 rings (SSSR count). The van der Waals surface area contributed by atoms with Crippen molar-refractivity contribution in [1.29, 1.82) is 0 Å². The van der Waals surface area contributed by atoms with Crippen LogP contribution in [0, 0.1) is 5.92 Å². The van der Waals surface area contributed by atoms with E-state index < -0.39 is 0 Å². The molecule has 196 valence electrons.